The second kappa shape index (κ2) is 4.31. The molecule has 0 spiro atoms. The molecule has 0 bridgehead atoms. The van der Waals surface area contributed by atoms with E-state index in [1.807, 2.05) is 18.2 Å². The summed E-state index contributed by atoms with van der Waals surface area (Å²) in [5.74, 6) is 0.710. The van der Waals surface area contributed by atoms with Gasteiger partial charge in [-0.25, -0.2) is 4.68 Å². The van der Waals surface area contributed by atoms with Gasteiger partial charge in [-0.3, -0.25) is 9.97 Å². The molecule has 0 saturated carbocycles. The van der Waals surface area contributed by atoms with E-state index in [1.165, 1.54) is 0 Å². The first kappa shape index (κ1) is 11.6. The molecule has 3 aromatic rings. The number of benzene rings is 1. The number of hydrogen-bond donors (Lipinski definition) is 1. The Hall–Kier alpha value is -2.50. The minimum Gasteiger partial charge on any atom is -0.381 e. The van der Waals surface area contributed by atoms with Crippen LogP contribution < -0.4 is 5.73 Å². The topological polar surface area (TPSA) is 82.5 Å². The number of anilines is 1. The lowest BCUT2D eigenvalue weighted by molar-refractivity contribution is 0.716. The van der Waals surface area contributed by atoms with Crippen LogP contribution in [0.15, 0.2) is 30.6 Å². The lowest BCUT2D eigenvalue weighted by Gasteiger charge is -2.09. The summed E-state index contributed by atoms with van der Waals surface area (Å²) in [6, 6.07) is 5.79. The first-order valence-electron chi connectivity index (χ1n) is 6.09. The normalized spacial score (nSPS) is 11.3. The Morgan fingerprint density at radius 2 is 1.84 bits per heavy atom. The lowest BCUT2D eigenvalue weighted by atomic mass is 10.1. The molecule has 6 heteroatoms. The van der Waals surface area contributed by atoms with E-state index < -0.39 is 0 Å². The van der Waals surface area contributed by atoms with E-state index in [1.54, 1.807) is 17.1 Å². The molecule has 0 amide bonds. The molecule has 3 rings (SSSR count). The van der Waals surface area contributed by atoms with Gasteiger partial charge in [0.25, 0.3) is 0 Å². The molecule has 0 atom stereocenters. The predicted molar refractivity (Wildman–Crippen MR) is 73.0 cm³/mol. The zero-order valence-corrected chi connectivity index (χ0v) is 10.8. The van der Waals surface area contributed by atoms with Crippen molar-refractivity contribution in [3.63, 3.8) is 0 Å². The summed E-state index contributed by atoms with van der Waals surface area (Å²) in [7, 11) is 0. The van der Waals surface area contributed by atoms with Gasteiger partial charge in [0.05, 0.1) is 22.4 Å². The summed E-state index contributed by atoms with van der Waals surface area (Å²) in [6.45, 7) is 4.12. The van der Waals surface area contributed by atoms with Crippen molar-refractivity contribution in [3.05, 3.63) is 36.3 Å². The second-order valence-corrected chi connectivity index (χ2v) is 4.66. The highest BCUT2D eigenvalue weighted by Gasteiger charge is 2.15. The van der Waals surface area contributed by atoms with Gasteiger partial charge >= 0.3 is 0 Å². The van der Waals surface area contributed by atoms with Gasteiger partial charge in [0.15, 0.2) is 5.82 Å². The van der Waals surface area contributed by atoms with Gasteiger partial charge in [-0.2, -0.15) is 0 Å². The maximum absolute atomic E-state index is 5.87. The molecule has 1 aromatic carbocycles. The summed E-state index contributed by atoms with van der Waals surface area (Å²) in [5, 5.41) is 8.06. The standard InChI is InChI=1S/C13H14N6/c1-8(2)12-13(14)17-18-19(12)9-3-4-10-11(7-9)16-6-5-15-10/h3-8H,14H2,1-2H3. The van der Waals surface area contributed by atoms with Crippen molar-refractivity contribution >= 4 is 16.9 Å². The first-order valence-corrected chi connectivity index (χ1v) is 6.09. The van der Waals surface area contributed by atoms with Crippen LogP contribution in [0.5, 0.6) is 0 Å². The molecular formula is C13H14N6. The summed E-state index contributed by atoms with van der Waals surface area (Å²) < 4.78 is 1.76. The van der Waals surface area contributed by atoms with Gasteiger partial charge in [-0.1, -0.05) is 19.1 Å². The maximum atomic E-state index is 5.87. The number of nitrogens with zero attached hydrogens (tertiary/aromatic N) is 5. The molecule has 2 aromatic heterocycles. The molecule has 96 valence electrons. The molecule has 2 N–H and O–H groups in total. The molecule has 6 nitrogen and oxygen atoms in total. The molecule has 2 heterocycles. The van der Waals surface area contributed by atoms with Crippen LogP contribution in [-0.4, -0.2) is 25.0 Å². The van der Waals surface area contributed by atoms with Crippen LogP contribution in [0.25, 0.3) is 16.7 Å². The Morgan fingerprint density at radius 3 is 2.58 bits per heavy atom. The third-order valence-corrected chi connectivity index (χ3v) is 2.98. The summed E-state index contributed by atoms with van der Waals surface area (Å²) in [6.07, 6.45) is 3.35. The third-order valence-electron chi connectivity index (χ3n) is 2.98. The highest BCUT2D eigenvalue weighted by Crippen LogP contribution is 2.23. The van der Waals surface area contributed by atoms with Gasteiger partial charge in [0.2, 0.25) is 0 Å². The maximum Gasteiger partial charge on any atom is 0.169 e. The van der Waals surface area contributed by atoms with Crippen LogP contribution in [-0.2, 0) is 0 Å². The fourth-order valence-corrected chi connectivity index (χ4v) is 2.12. The zero-order chi connectivity index (χ0) is 13.4. The van der Waals surface area contributed by atoms with Crippen LogP contribution in [0, 0.1) is 0 Å². The smallest absolute Gasteiger partial charge is 0.169 e. The minimum atomic E-state index is 0.243. The average molecular weight is 254 g/mol. The van der Waals surface area contributed by atoms with Crippen molar-refractivity contribution in [1.29, 1.82) is 0 Å². The van der Waals surface area contributed by atoms with Gasteiger partial charge < -0.3 is 5.73 Å². The SMILES string of the molecule is CC(C)c1c(N)nnn1-c1ccc2nccnc2c1. The average Bonchev–Trinajstić information content (AvgIpc) is 2.80. The largest absolute Gasteiger partial charge is 0.381 e. The summed E-state index contributed by atoms with van der Waals surface area (Å²) in [5.41, 5.74) is 9.34. The zero-order valence-electron chi connectivity index (χ0n) is 10.8. The van der Waals surface area contributed by atoms with E-state index in [0.29, 0.717) is 5.82 Å². The Morgan fingerprint density at radius 1 is 1.11 bits per heavy atom. The fourth-order valence-electron chi connectivity index (χ4n) is 2.12. The van der Waals surface area contributed by atoms with Gasteiger partial charge in [0, 0.05) is 12.4 Å². The quantitative estimate of drug-likeness (QED) is 0.755. The molecule has 0 fully saturated rings. The van der Waals surface area contributed by atoms with Crippen molar-refractivity contribution in [2.45, 2.75) is 19.8 Å². The van der Waals surface area contributed by atoms with Crippen LogP contribution in [0.1, 0.15) is 25.5 Å². The van der Waals surface area contributed by atoms with Crippen molar-refractivity contribution < 1.29 is 0 Å². The molecule has 19 heavy (non-hydrogen) atoms. The number of hydrogen-bond acceptors (Lipinski definition) is 5. The highest BCUT2D eigenvalue weighted by atomic mass is 15.4. The molecule has 0 aliphatic heterocycles. The van der Waals surface area contributed by atoms with Gasteiger partial charge in [0.1, 0.15) is 0 Å². The molecule has 0 aliphatic rings. The Balaban J connectivity index is 2.19. The van der Waals surface area contributed by atoms with Crippen molar-refractivity contribution in [3.8, 4) is 5.69 Å². The minimum absolute atomic E-state index is 0.243. The number of nitrogen functional groups attached to an aromatic ring is 1. The Labute approximate surface area is 110 Å². The predicted octanol–water partition coefficient (Wildman–Crippen LogP) is 1.92. The Kier molecular flexibility index (Phi) is 2.63. The van der Waals surface area contributed by atoms with Crippen molar-refractivity contribution in [2.75, 3.05) is 5.73 Å². The van der Waals surface area contributed by atoms with Crippen molar-refractivity contribution in [1.82, 2.24) is 25.0 Å². The highest BCUT2D eigenvalue weighted by molar-refractivity contribution is 5.76. The number of aromatic nitrogens is 5. The van der Waals surface area contributed by atoms with Crippen LogP contribution in [0.4, 0.5) is 5.82 Å². The van der Waals surface area contributed by atoms with E-state index >= 15 is 0 Å². The first-order chi connectivity index (χ1) is 9.16. The number of rotatable bonds is 2. The lowest BCUT2D eigenvalue weighted by Crippen LogP contribution is -2.05. The van der Waals surface area contributed by atoms with Crippen LogP contribution in [0.2, 0.25) is 0 Å². The van der Waals surface area contributed by atoms with Crippen molar-refractivity contribution in [2.24, 2.45) is 0 Å². The van der Waals surface area contributed by atoms with E-state index in [2.05, 4.69) is 34.1 Å². The summed E-state index contributed by atoms with van der Waals surface area (Å²) in [4.78, 5) is 8.54. The number of fused-ring (bicyclic) bond motifs is 1. The van der Waals surface area contributed by atoms with E-state index in [-0.39, 0.29) is 5.92 Å². The third kappa shape index (κ3) is 1.91. The van der Waals surface area contributed by atoms with Crippen LogP contribution in [0.3, 0.4) is 0 Å². The van der Waals surface area contributed by atoms with Gasteiger partial charge in [-0.05, 0) is 24.1 Å². The summed E-state index contributed by atoms with van der Waals surface area (Å²) >= 11 is 0. The van der Waals surface area contributed by atoms with Gasteiger partial charge in [-0.15, -0.1) is 5.10 Å². The molecular weight excluding hydrogens is 240 g/mol. The monoisotopic (exact) mass is 254 g/mol. The number of nitrogens with two attached hydrogens (primary N) is 1. The molecule has 0 radical (unpaired) electrons. The second-order valence-electron chi connectivity index (χ2n) is 4.66. The molecule has 0 aliphatic carbocycles. The molecule has 0 saturated heterocycles. The van der Waals surface area contributed by atoms with Crippen LogP contribution >= 0.6 is 0 Å². The van der Waals surface area contributed by atoms with E-state index in [4.69, 9.17) is 5.73 Å². The fraction of sp³-hybridized carbons (Fsp3) is 0.231. The molecule has 0 unspecified atom stereocenters. The Bertz CT molecular complexity index is 731. The van der Waals surface area contributed by atoms with E-state index in [0.717, 1.165) is 22.4 Å². The van der Waals surface area contributed by atoms with E-state index in [9.17, 15) is 0 Å².